The van der Waals surface area contributed by atoms with Gasteiger partial charge in [-0.3, -0.25) is 9.48 Å². The highest BCUT2D eigenvalue weighted by atomic mass is 16.5. The van der Waals surface area contributed by atoms with E-state index in [0.29, 0.717) is 13.2 Å². The van der Waals surface area contributed by atoms with Gasteiger partial charge in [0.15, 0.2) is 5.82 Å². The van der Waals surface area contributed by atoms with Crippen LogP contribution < -0.4 is 10.5 Å². The number of ether oxygens (including phenoxy) is 1. The zero-order valence-electron chi connectivity index (χ0n) is 19.1. The van der Waals surface area contributed by atoms with Gasteiger partial charge in [0, 0.05) is 24.5 Å². The Labute approximate surface area is 191 Å². The van der Waals surface area contributed by atoms with Gasteiger partial charge in [-0.1, -0.05) is 6.07 Å². The lowest BCUT2D eigenvalue weighted by atomic mass is 10.0. The summed E-state index contributed by atoms with van der Waals surface area (Å²) in [5.74, 6) is 2.62. The van der Waals surface area contributed by atoms with Crippen molar-refractivity contribution in [2.75, 3.05) is 6.61 Å². The standard InChI is InChI=1S/C23H26N8O2/c1-5-30-21(26-14(2)28-30)18-13-29-8-9-33-19-10-15(6-7-17(19)20(29)27-18)16-11-25-31(12-16)23(3,4)22(24)32/h6-7,10-13H,5,8-9H2,1-4H3,(H2,24,32). The van der Waals surface area contributed by atoms with Gasteiger partial charge >= 0.3 is 0 Å². The number of imidazole rings is 1. The lowest BCUT2D eigenvalue weighted by molar-refractivity contribution is -0.125. The number of benzene rings is 1. The number of rotatable bonds is 5. The lowest BCUT2D eigenvalue weighted by Gasteiger charge is -2.20. The molecule has 33 heavy (non-hydrogen) atoms. The smallest absolute Gasteiger partial charge is 0.244 e. The van der Waals surface area contributed by atoms with Crippen LogP contribution in [0.25, 0.3) is 34.0 Å². The molecular weight excluding hydrogens is 420 g/mol. The number of carbonyl (C=O) groups is 1. The highest BCUT2D eigenvalue weighted by molar-refractivity contribution is 5.82. The average Bonchev–Trinajstić information content (AvgIpc) is 3.50. The molecule has 10 heteroatoms. The monoisotopic (exact) mass is 446 g/mol. The predicted octanol–water partition coefficient (Wildman–Crippen LogP) is 2.61. The fraction of sp³-hybridized carbons (Fsp3) is 0.348. The number of hydrogen-bond acceptors (Lipinski definition) is 6. The molecule has 0 atom stereocenters. The molecule has 1 aliphatic heterocycles. The number of nitrogens with zero attached hydrogens (tertiary/aromatic N) is 7. The molecule has 1 aliphatic rings. The molecule has 3 aromatic heterocycles. The fourth-order valence-electron chi connectivity index (χ4n) is 3.92. The Hall–Kier alpha value is -3.95. The molecule has 0 saturated heterocycles. The maximum atomic E-state index is 11.8. The van der Waals surface area contributed by atoms with Crippen LogP contribution in [0, 0.1) is 6.92 Å². The number of aromatic nitrogens is 7. The summed E-state index contributed by atoms with van der Waals surface area (Å²) in [4.78, 5) is 21.2. The molecule has 1 amide bonds. The molecule has 170 valence electrons. The second kappa shape index (κ2) is 7.58. The summed E-state index contributed by atoms with van der Waals surface area (Å²) >= 11 is 0. The minimum Gasteiger partial charge on any atom is -0.491 e. The Bertz CT molecular complexity index is 1360. The summed E-state index contributed by atoms with van der Waals surface area (Å²) < 4.78 is 11.6. The van der Waals surface area contributed by atoms with Crippen LogP contribution in [0.4, 0.5) is 0 Å². The summed E-state index contributed by atoms with van der Waals surface area (Å²) in [6, 6.07) is 5.99. The number of amides is 1. The summed E-state index contributed by atoms with van der Waals surface area (Å²) in [5.41, 5.74) is 8.11. The summed E-state index contributed by atoms with van der Waals surface area (Å²) in [5, 5.41) is 8.80. The SMILES string of the molecule is CCn1nc(C)nc1-c1cn2c(n1)-c1ccc(-c3cnn(C(C)(C)C(N)=O)c3)cc1OCC2. The number of nitrogens with two attached hydrogens (primary N) is 1. The van der Waals surface area contributed by atoms with E-state index in [1.165, 1.54) is 0 Å². The summed E-state index contributed by atoms with van der Waals surface area (Å²) in [6.45, 7) is 9.32. The molecule has 4 heterocycles. The van der Waals surface area contributed by atoms with Gasteiger partial charge in [-0.15, -0.1) is 0 Å². The second-order valence-electron chi connectivity index (χ2n) is 8.60. The van der Waals surface area contributed by atoms with Gasteiger partial charge in [-0.05, 0) is 45.4 Å². The normalized spacial score (nSPS) is 13.2. The van der Waals surface area contributed by atoms with Gasteiger partial charge < -0.3 is 15.0 Å². The van der Waals surface area contributed by atoms with Crippen molar-refractivity contribution in [2.45, 2.75) is 46.3 Å². The molecule has 4 aromatic rings. The van der Waals surface area contributed by atoms with E-state index < -0.39 is 11.4 Å². The van der Waals surface area contributed by atoms with E-state index in [9.17, 15) is 4.79 Å². The maximum Gasteiger partial charge on any atom is 0.244 e. The average molecular weight is 447 g/mol. The fourth-order valence-corrected chi connectivity index (χ4v) is 3.92. The molecule has 1 aromatic carbocycles. The zero-order chi connectivity index (χ0) is 23.3. The Morgan fingerprint density at radius 3 is 2.76 bits per heavy atom. The Balaban J connectivity index is 1.53. The molecule has 0 spiro atoms. The quantitative estimate of drug-likeness (QED) is 0.503. The highest BCUT2D eigenvalue weighted by Gasteiger charge is 2.28. The van der Waals surface area contributed by atoms with Crippen molar-refractivity contribution in [1.82, 2.24) is 34.1 Å². The van der Waals surface area contributed by atoms with Crippen molar-refractivity contribution in [1.29, 1.82) is 0 Å². The van der Waals surface area contributed by atoms with E-state index in [1.807, 2.05) is 49.1 Å². The summed E-state index contributed by atoms with van der Waals surface area (Å²) in [6.07, 6.45) is 5.55. The molecule has 5 rings (SSSR count). The largest absolute Gasteiger partial charge is 0.491 e. The first-order valence-corrected chi connectivity index (χ1v) is 10.9. The van der Waals surface area contributed by atoms with Crippen molar-refractivity contribution in [3.05, 3.63) is 42.6 Å². The van der Waals surface area contributed by atoms with E-state index in [1.54, 1.807) is 24.7 Å². The number of carbonyl (C=O) groups excluding carboxylic acids is 1. The van der Waals surface area contributed by atoms with Crippen LogP contribution in [0.3, 0.4) is 0 Å². The van der Waals surface area contributed by atoms with Crippen LogP contribution in [0.15, 0.2) is 36.8 Å². The van der Waals surface area contributed by atoms with E-state index in [-0.39, 0.29) is 0 Å². The van der Waals surface area contributed by atoms with Crippen molar-refractivity contribution in [3.8, 4) is 39.8 Å². The molecule has 2 N–H and O–H groups in total. The van der Waals surface area contributed by atoms with Crippen LogP contribution >= 0.6 is 0 Å². The van der Waals surface area contributed by atoms with Crippen LogP contribution in [0.1, 0.15) is 26.6 Å². The van der Waals surface area contributed by atoms with E-state index in [4.69, 9.17) is 15.5 Å². The number of hydrogen-bond donors (Lipinski definition) is 1. The highest BCUT2D eigenvalue weighted by Crippen LogP contribution is 2.37. The Kier molecular flexibility index (Phi) is 4.80. The molecule has 0 fully saturated rings. The van der Waals surface area contributed by atoms with E-state index >= 15 is 0 Å². The van der Waals surface area contributed by atoms with E-state index in [0.717, 1.165) is 52.2 Å². The van der Waals surface area contributed by atoms with Crippen LogP contribution in [0.5, 0.6) is 5.75 Å². The second-order valence-corrected chi connectivity index (χ2v) is 8.60. The first-order chi connectivity index (χ1) is 15.8. The number of primary amides is 1. The number of fused-ring (bicyclic) bond motifs is 3. The van der Waals surface area contributed by atoms with Crippen molar-refractivity contribution in [3.63, 3.8) is 0 Å². The third-order valence-electron chi connectivity index (χ3n) is 5.99. The van der Waals surface area contributed by atoms with Crippen LogP contribution in [-0.4, -0.2) is 46.6 Å². The molecular formula is C23H26N8O2. The maximum absolute atomic E-state index is 11.8. The van der Waals surface area contributed by atoms with Gasteiger partial charge in [0.25, 0.3) is 0 Å². The molecule has 0 saturated carbocycles. The summed E-state index contributed by atoms with van der Waals surface area (Å²) in [7, 11) is 0. The van der Waals surface area contributed by atoms with Gasteiger partial charge in [-0.2, -0.15) is 10.2 Å². The van der Waals surface area contributed by atoms with Gasteiger partial charge in [0.1, 0.15) is 35.2 Å². The first-order valence-electron chi connectivity index (χ1n) is 10.9. The molecule has 0 aliphatic carbocycles. The van der Waals surface area contributed by atoms with Crippen molar-refractivity contribution in [2.24, 2.45) is 5.73 Å². The van der Waals surface area contributed by atoms with Crippen molar-refractivity contribution < 1.29 is 9.53 Å². The van der Waals surface area contributed by atoms with Gasteiger partial charge in [-0.25, -0.2) is 14.6 Å². The minimum absolute atomic E-state index is 0.445. The van der Waals surface area contributed by atoms with Crippen molar-refractivity contribution >= 4 is 5.91 Å². The molecule has 0 radical (unpaired) electrons. The third kappa shape index (κ3) is 3.47. The Morgan fingerprint density at radius 1 is 1.18 bits per heavy atom. The topological polar surface area (TPSA) is 119 Å². The van der Waals surface area contributed by atoms with E-state index in [2.05, 4.69) is 19.7 Å². The minimum atomic E-state index is -0.918. The molecule has 10 nitrogen and oxygen atoms in total. The van der Waals surface area contributed by atoms with Gasteiger partial charge in [0.05, 0.1) is 18.3 Å². The first kappa shape index (κ1) is 20.9. The Morgan fingerprint density at radius 2 is 2.00 bits per heavy atom. The van der Waals surface area contributed by atoms with Crippen LogP contribution in [-0.2, 0) is 23.4 Å². The zero-order valence-corrected chi connectivity index (χ0v) is 19.1. The predicted molar refractivity (Wildman–Crippen MR) is 122 cm³/mol. The third-order valence-corrected chi connectivity index (χ3v) is 5.99. The number of aryl methyl sites for hydroxylation is 2. The van der Waals surface area contributed by atoms with Gasteiger partial charge in [0.2, 0.25) is 5.91 Å². The van der Waals surface area contributed by atoms with Crippen LogP contribution in [0.2, 0.25) is 0 Å². The lowest BCUT2D eigenvalue weighted by Crippen LogP contribution is -2.41. The molecule has 0 unspecified atom stereocenters. The molecule has 0 bridgehead atoms.